The van der Waals surface area contributed by atoms with Gasteiger partial charge in [-0.15, -0.1) is 0 Å². The van der Waals surface area contributed by atoms with E-state index in [1.807, 2.05) is 14.0 Å². The first-order valence-corrected chi connectivity index (χ1v) is 5.66. The summed E-state index contributed by atoms with van der Waals surface area (Å²) >= 11 is 0. The van der Waals surface area contributed by atoms with Gasteiger partial charge in [0.05, 0.1) is 6.20 Å². The normalized spacial score (nSPS) is 15.2. The van der Waals surface area contributed by atoms with Crippen LogP contribution in [-0.2, 0) is 11.8 Å². The maximum atomic E-state index is 5.74. The average molecular weight is 211 g/mol. The minimum absolute atomic E-state index is 0.0867. The van der Waals surface area contributed by atoms with Gasteiger partial charge in [0.1, 0.15) is 11.8 Å². The molecule has 0 aliphatic rings. The summed E-state index contributed by atoms with van der Waals surface area (Å²) in [5, 5.41) is 8.40. The van der Waals surface area contributed by atoms with Crippen LogP contribution in [0.4, 0.5) is 0 Å². The summed E-state index contributed by atoms with van der Waals surface area (Å²) in [4.78, 5) is 1.58. The molecule has 4 nitrogen and oxygen atoms in total. The second-order valence-corrected chi connectivity index (χ2v) is 3.90. The van der Waals surface area contributed by atoms with Gasteiger partial charge in [0, 0.05) is 13.7 Å². The van der Waals surface area contributed by atoms with Gasteiger partial charge in [0.25, 0.3) is 0 Å². The highest BCUT2D eigenvalue weighted by molar-refractivity contribution is 4.98. The lowest BCUT2D eigenvalue weighted by Gasteiger charge is -2.21. The third-order valence-corrected chi connectivity index (χ3v) is 2.52. The molecule has 1 aromatic heterocycles. The molecule has 0 aliphatic heterocycles. The molecule has 2 atom stereocenters. The average Bonchev–Trinajstić information content (AvgIpc) is 2.61. The third kappa shape index (κ3) is 3.30. The van der Waals surface area contributed by atoms with E-state index < -0.39 is 0 Å². The van der Waals surface area contributed by atoms with Gasteiger partial charge in [-0.2, -0.15) is 15.0 Å². The zero-order valence-corrected chi connectivity index (χ0v) is 10.1. The van der Waals surface area contributed by atoms with E-state index in [0.29, 0.717) is 5.92 Å². The van der Waals surface area contributed by atoms with Gasteiger partial charge in [-0.25, -0.2) is 0 Å². The van der Waals surface area contributed by atoms with Crippen LogP contribution in [-0.4, -0.2) is 21.6 Å². The molecule has 15 heavy (non-hydrogen) atoms. The fourth-order valence-electron chi connectivity index (χ4n) is 1.82. The van der Waals surface area contributed by atoms with Crippen LogP contribution in [0.5, 0.6) is 0 Å². The molecule has 1 rings (SSSR count). The molecular formula is C11H21N3O. The molecule has 0 radical (unpaired) electrons. The summed E-state index contributed by atoms with van der Waals surface area (Å²) in [6.07, 6.45) is 4.21. The molecule has 1 heterocycles. The van der Waals surface area contributed by atoms with Gasteiger partial charge in [-0.3, -0.25) is 0 Å². The molecule has 0 spiro atoms. The first-order chi connectivity index (χ1) is 7.19. The van der Waals surface area contributed by atoms with Crippen molar-refractivity contribution < 1.29 is 4.74 Å². The zero-order chi connectivity index (χ0) is 11.3. The Balaban J connectivity index is 2.72. The third-order valence-electron chi connectivity index (χ3n) is 2.52. The summed E-state index contributed by atoms with van der Waals surface area (Å²) in [5.41, 5.74) is 0.945. The number of hydrogen-bond acceptors (Lipinski definition) is 3. The van der Waals surface area contributed by atoms with Crippen molar-refractivity contribution in [1.82, 2.24) is 15.0 Å². The topological polar surface area (TPSA) is 39.9 Å². The van der Waals surface area contributed by atoms with Gasteiger partial charge in [0.15, 0.2) is 0 Å². The lowest BCUT2D eigenvalue weighted by atomic mass is 9.97. The van der Waals surface area contributed by atoms with Gasteiger partial charge >= 0.3 is 0 Å². The summed E-state index contributed by atoms with van der Waals surface area (Å²) in [6.45, 7) is 7.13. The predicted molar refractivity (Wildman–Crippen MR) is 59.4 cm³/mol. The van der Waals surface area contributed by atoms with E-state index in [1.165, 1.54) is 6.42 Å². The Hall–Kier alpha value is -0.900. The molecule has 86 valence electrons. The quantitative estimate of drug-likeness (QED) is 0.725. The van der Waals surface area contributed by atoms with Crippen LogP contribution in [0.25, 0.3) is 0 Å². The largest absolute Gasteiger partial charge is 0.372 e. The molecule has 0 unspecified atom stereocenters. The van der Waals surface area contributed by atoms with E-state index in [9.17, 15) is 0 Å². The van der Waals surface area contributed by atoms with Crippen LogP contribution >= 0.6 is 0 Å². The minimum Gasteiger partial charge on any atom is -0.372 e. The van der Waals surface area contributed by atoms with E-state index in [-0.39, 0.29) is 6.10 Å². The van der Waals surface area contributed by atoms with Crippen LogP contribution in [0.2, 0.25) is 0 Å². The Morgan fingerprint density at radius 1 is 1.47 bits per heavy atom. The predicted octanol–water partition coefficient (Wildman–Crippen LogP) is 2.33. The van der Waals surface area contributed by atoms with Crippen molar-refractivity contribution in [2.45, 2.75) is 39.7 Å². The molecule has 0 aromatic carbocycles. The Labute approximate surface area is 91.6 Å². The monoisotopic (exact) mass is 211 g/mol. The number of ether oxygens (including phenoxy) is 1. The van der Waals surface area contributed by atoms with Crippen LogP contribution in [0.3, 0.4) is 0 Å². The van der Waals surface area contributed by atoms with E-state index in [0.717, 1.165) is 18.7 Å². The second kappa shape index (κ2) is 5.85. The summed E-state index contributed by atoms with van der Waals surface area (Å²) < 4.78 is 5.74. The fraction of sp³-hybridized carbons (Fsp3) is 0.818. The van der Waals surface area contributed by atoms with Crippen LogP contribution < -0.4 is 0 Å². The van der Waals surface area contributed by atoms with Crippen molar-refractivity contribution in [3.05, 3.63) is 11.9 Å². The summed E-state index contributed by atoms with van der Waals surface area (Å²) in [7, 11) is 1.83. The maximum Gasteiger partial charge on any atom is 0.112 e. The smallest absolute Gasteiger partial charge is 0.112 e. The van der Waals surface area contributed by atoms with Crippen LogP contribution in [0, 0.1) is 5.92 Å². The van der Waals surface area contributed by atoms with Crippen molar-refractivity contribution in [3.63, 3.8) is 0 Å². The van der Waals surface area contributed by atoms with Crippen molar-refractivity contribution in [1.29, 1.82) is 0 Å². The Bertz CT molecular complexity index is 285. The Morgan fingerprint density at radius 2 is 2.20 bits per heavy atom. The lowest BCUT2D eigenvalue weighted by Crippen LogP contribution is -2.14. The molecule has 1 aromatic rings. The Kier molecular flexibility index (Phi) is 4.75. The molecular weight excluding hydrogens is 190 g/mol. The van der Waals surface area contributed by atoms with E-state index in [4.69, 9.17) is 4.74 Å². The highest BCUT2D eigenvalue weighted by atomic mass is 16.5. The fourth-order valence-corrected chi connectivity index (χ4v) is 1.82. The SMILES string of the molecule is CCC[C@H](C)[C@H](OCC)c1cnn(C)n1. The van der Waals surface area contributed by atoms with Crippen LogP contribution in [0.1, 0.15) is 45.4 Å². The van der Waals surface area contributed by atoms with Crippen molar-refractivity contribution in [2.75, 3.05) is 6.61 Å². The standard InChI is InChI=1S/C11H21N3O/c1-5-7-9(3)11(15-6-2)10-8-12-14(4)13-10/h8-9,11H,5-7H2,1-4H3/t9-,11-/m0/s1. The van der Waals surface area contributed by atoms with Crippen molar-refractivity contribution in [3.8, 4) is 0 Å². The number of aromatic nitrogens is 3. The molecule has 0 N–H and O–H groups in total. The van der Waals surface area contributed by atoms with E-state index >= 15 is 0 Å². The van der Waals surface area contributed by atoms with Crippen LogP contribution in [0.15, 0.2) is 6.20 Å². The molecule has 0 saturated heterocycles. The lowest BCUT2D eigenvalue weighted by molar-refractivity contribution is 0.0177. The molecule has 0 amide bonds. The molecule has 0 aliphatic carbocycles. The summed E-state index contributed by atoms with van der Waals surface area (Å²) in [6, 6.07) is 0. The van der Waals surface area contributed by atoms with Gasteiger partial charge in [-0.05, 0) is 19.3 Å². The van der Waals surface area contributed by atoms with Gasteiger partial charge in [-0.1, -0.05) is 20.3 Å². The number of rotatable bonds is 6. The Morgan fingerprint density at radius 3 is 2.67 bits per heavy atom. The maximum absolute atomic E-state index is 5.74. The molecule has 0 saturated carbocycles. The van der Waals surface area contributed by atoms with Gasteiger partial charge < -0.3 is 4.74 Å². The molecule has 0 fully saturated rings. The van der Waals surface area contributed by atoms with E-state index in [1.54, 1.807) is 11.0 Å². The van der Waals surface area contributed by atoms with Crippen molar-refractivity contribution in [2.24, 2.45) is 13.0 Å². The van der Waals surface area contributed by atoms with E-state index in [2.05, 4.69) is 24.0 Å². The first-order valence-electron chi connectivity index (χ1n) is 5.66. The van der Waals surface area contributed by atoms with Gasteiger partial charge in [0.2, 0.25) is 0 Å². The number of nitrogens with zero attached hydrogens (tertiary/aromatic N) is 3. The second-order valence-electron chi connectivity index (χ2n) is 3.90. The minimum atomic E-state index is 0.0867. The number of hydrogen-bond donors (Lipinski definition) is 0. The summed E-state index contributed by atoms with van der Waals surface area (Å²) in [5.74, 6) is 0.492. The first kappa shape index (κ1) is 12.2. The molecule has 0 bridgehead atoms. The zero-order valence-electron chi connectivity index (χ0n) is 10.1. The highest BCUT2D eigenvalue weighted by Crippen LogP contribution is 2.27. The van der Waals surface area contributed by atoms with Crippen molar-refractivity contribution >= 4 is 0 Å². The molecule has 4 heteroatoms. The highest BCUT2D eigenvalue weighted by Gasteiger charge is 2.21. The number of aryl methyl sites for hydroxylation is 1.